The van der Waals surface area contributed by atoms with Gasteiger partial charge in [-0.1, -0.05) is 56.7 Å². The Balaban J connectivity index is 1.90. The van der Waals surface area contributed by atoms with Crippen molar-refractivity contribution in [3.05, 3.63) is 94.8 Å². The highest BCUT2D eigenvalue weighted by molar-refractivity contribution is 5.78. The molecule has 0 bridgehead atoms. The summed E-state index contributed by atoms with van der Waals surface area (Å²) in [4.78, 5) is 14.5. The molecule has 3 nitrogen and oxygen atoms in total. The number of hydrogen-bond donors (Lipinski definition) is 1. The third-order valence-electron chi connectivity index (χ3n) is 7.24. The number of alkyl halides is 3. The molecule has 3 aromatic rings. The standard InChI is InChI=1S/C31H33F4NO2/c1-20(2)18-28(30(37)38)23-10-15-26(27(19-23)21-6-11-24(12-7-21)31(33,34)35)29(36-16-4-3-5-17-36)22-8-13-25(32)14-9-22/h6-15,19-20,28-29H,3-5,16-18H2,1-2H3,(H,37,38)/t28-,29+/m0/s1. The van der Waals surface area contributed by atoms with Crippen molar-refractivity contribution in [3.63, 3.8) is 0 Å². The van der Waals surface area contributed by atoms with Crippen LogP contribution in [0.2, 0.25) is 0 Å². The number of aliphatic carboxylic acids is 1. The number of halogens is 4. The van der Waals surface area contributed by atoms with Gasteiger partial charge >= 0.3 is 12.1 Å². The summed E-state index contributed by atoms with van der Waals surface area (Å²) in [7, 11) is 0. The molecule has 1 aliphatic heterocycles. The highest BCUT2D eigenvalue weighted by Crippen LogP contribution is 2.40. The van der Waals surface area contributed by atoms with Crippen molar-refractivity contribution >= 4 is 5.97 Å². The maximum atomic E-state index is 13.8. The molecule has 1 aliphatic rings. The molecule has 0 unspecified atom stereocenters. The van der Waals surface area contributed by atoms with Crippen LogP contribution in [0.25, 0.3) is 11.1 Å². The molecule has 1 saturated heterocycles. The molecule has 0 amide bonds. The number of hydrogen-bond acceptors (Lipinski definition) is 2. The summed E-state index contributed by atoms with van der Waals surface area (Å²) in [6.07, 6.45) is -0.872. The van der Waals surface area contributed by atoms with Crippen LogP contribution in [0.1, 0.15) is 73.7 Å². The van der Waals surface area contributed by atoms with Crippen LogP contribution in [0.3, 0.4) is 0 Å². The average Bonchev–Trinajstić information content (AvgIpc) is 2.89. The minimum atomic E-state index is -4.46. The van der Waals surface area contributed by atoms with Gasteiger partial charge in [-0.15, -0.1) is 0 Å². The van der Waals surface area contributed by atoms with Crippen molar-refractivity contribution < 1.29 is 27.5 Å². The van der Waals surface area contributed by atoms with Gasteiger partial charge in [0.1, 0.15) is 5.82 Å². The van der Waals surface area contributed by atoms with Gasteiger partial charge in [-0.3, -0.25) is 9.69 Å². The number of piperidine rings is 1. The Morgan fingerprint density at radius 2 is 1.50 bits per heavy atom. The Hall–Kier alpha value is -3.19. The van der Waals surface area contributed by atoms with E-state index in [4.69, 9.17) is 0 Å². The van der Waals surface area contributed by atoms with Crippen molar-refractivity contribution in [2.45, 2.75) is 57.7 Å². The van der Waals surface area contributed by atoms with Gasteiger partial charge in [0.25, 0.3) is 0 Å². The monoisotopic (exact) mass is 527 g/mol. The summed E-state index contributed by atoms with van der Waals surface area (Å²) in [6, 6.07) is 16.6. The van der Waals surface area contributed by atoms with Crippen LogP contribution in [0.4, 0.5) is 17.6 Å². The van der Waals surface area contributed by atoms with Crippen LogP contribution in [0.15, 0.2) is 66.7 Å². The summed E-state index contributed by atoms with van der Waals surface area (Å²) < 4.78 is 53.7. The Labute approximate surface area is 221 Å². The Morgan fingerprint density at radius 1 is 0.895 bits per heavy atom. The Bertz CT molecular complexity index is 1230. The number of carbonyl (C=O) groups is 1. The lowest BCUT2D eigenvalue weighted by molar-refractivity contribution is -0.139. The number of rotatable bonds is 8. The van der Waals surface area contributed by atoms with Gasteiger partial charge in [-0.05, 0) is 96.4 Å². The zero-order chi connectivity index (χ0) is 27.4. The Kier molecular flexibility index (Phi) is 8.56. The summed E-state index contributed by atoms with van der Waals surface area (Å²) >= 11 is 0. The topological polar surface area (TPSA) is 40.5 Å². The second-order valence-electron chi connectivity index (χ2n) is 10.5. The summed E-state index contributed by atoms with van der Waals surface area (Å²) in [5, 5.41) is 9.98. The van der Waals surface area contributed by atoms with Gasteiger partial charge in [0, 0.05) is 0 Å². The molecule has 0 aromatic heterocycles. The van der Waals surface area contributed by atoms with E-state index in [-0.39, 0.29) is 17.8 Å². The van der Waals surface area contributed by atoms with Crippen LogP contribution < -0.4 is 0 Å². The highest BCUT2D eigenvalue weighted by atomic mass is 19.4. The molecule has 7 heteroatoms. The lowest BCUT2D eigenvalue weighted by atomic mass is 9.83. The molecule has 38 heavy (non-hydrogen) atoms. The maximum Gasteiger partial charge on any atom is 0.416 e. The Morgan fingerprint density at radius 3 is 2.05 bits per heavy atom. The molecule has 0 aliphatic carbocycles. The largest absolute Gasteiger partial charge is 0.481 e. The van der Waals surface area contributed by atoms with Crippen molar-refractivity contribution in [3.8, 4) is 11.1 Å². The fraction of sp³-hybridized carbons (Fsp3) is 0.387. The van der Waals surface area contributed by atoms with Gasteiger partial charge in [0.05, 0.1) is 17.5 Å². The predicted octanol–water partition coefficient (Wildman–Crippen LogP) is 8.30. The number of likely N-dealkylation sites (tertiary alicyclic amines) is 1. The van der Waals surface area contributed by atoms with Gasteiger partial charge in [0.2, 0.25) is 0 Å². The first-order valence-corrected chi connectivity index (χ1v) is 13.1. The molecular weight excluding hydrogens is 494 g/mol. The zero-order valence-electron chi connectivity index (χ0n) is 21.6. The fourth-order valence-electron chi connectivity index (χ4n) is 5.38. The van der Waals surface area contributed by atoms with Gasteiger partial charge in [-0.25, -0.2) is 4.39 Å². The zero-order valence-corrected chi connectivity index (χ0v) is 21.6. The molecule has 0 saturated carbocycles. The van der Waals surface area contributed by atoms with Crippen molar-refractivity contribution in [1.82, 2.24) is 4.90 Å². The molecule has 1 fully saturated rings. The van der Waals surface area contributed by atoms with Gasteiger partial charge in [0.15, 0.2) is 0 Å². The van der Waals surface area contributed by atoms with Crippen molar-refractivity contribution in [2.75, 3.05) is 13.1 Å². The van der Waals surface area contributed by atoms with E-state index >= 15 is 0 Å². The number of carboxylic acids is 1. The first-order valence-electron chi connectivity index (χ1n) is 13.1. The third kappa shape index (κ3) is 6.44. The minimum absolute atomic E-state index is 0.144. The first kappa shape index (κ1) is 27.8. The molecule has 0 spiro atoms. The van der Waals surface area contributed by atoms with E-state index < -0.39 is 23.6 Å². The summed E-state index contributed by atoms with van der Waals surface area (Å²) in [6.45, 7) is 5.59. The molecular formula is C31H33F4NO2. The number of carboxylic acid groups (broad SMARTS) is 1. The molecule has 2 atom stereocenters. The third-order valence-corrected chi connectivity index (χ3v) is 7.24. The van der Waals surface area contributed by atoms with Crippen molar-refractivity contribution in [1.29, 1.82) is 0 Å². The molecule has 1 N–H and O–H groups in total. The van der Waals surface area contributed by atoms with Crippen molar-refractivity contribution in [2.24, 2.45) is 5.92 Å². The molecule has 0 radical (unpaired) electrons. The van der Waals surface area contributed by atoms with E-state index in [1.165, 1.54) is 24.3 Å². The molecule has 202 valence electrons. The SMILES string of the molecule is CC(C)C[C@H](C(=O)O)c1ccc([C@@H](c2ccc(F)cc2)N2CCCCC2)c(-c2ccc(C(F)(F)F)cc2)c1. The molecule has 4 rings (SSSR count). The van der Waals surface area contributed by atoms with Crippen LogP contribution >= 0.6 is 0 Å². The number of benzene rings is 3. The lowest BCUT2D eigenvalue weighted by Crippen LogP contribution is -2.34. The summed E-state index contributed by atoms with van der Waals surface area (Å²) in [5.74, 6) is -1.87. The highest BCUT2D eigenvalue weighted by Gasteiger charge is 2.31. The van der Waals surface area contributed by atoms with Crippen LogP contribution in [0.5, 0.6) is 0 Å². The fourth-order valence-corrected chi connectivity index (χ4v) is 5.38. The van der Waals surface area contributed by atoms with E-state index in [0.29, 0.717) is 23.1 Å². The second kappa shape index (κ2) is 11.7. The smallest absolute Gasteiger partial charge is 0.416 e. The van der Waals surface area contributed by atoms with Crippen LogP contribution in [-0.2, 0) is 11.0 Å². The average molecular weight is 528 g/mol. The predicted molar refractivity (Wildman–Crippen MR) is 140 cm³/mol. The first-order chi connectivity index (χ1) is 18.0. The molecule has 3 aromatic carbocycles. The van der Waals surface area contributed by atoms with Crippen LogP contribution in [0, 0.1) is 11.7 Å². The van der Waals surface area contributed by atoms with E-state index in [1.807, 2.05) is 32.0 Å². The van der Waals surface area contributed by atoms with Gasteiger partial charge in [-0.2, -0.15) is 13.2 Å². The van der Waals surface area contributed by atoms with E-state index in [9.17, 15) is 27.5 Å². The van der Waals surface area contributed by atoms with E-state index in [1.54, 1.807) is 12.1 Å². The lowest BCUT2D eigenvalue weighted by Gasteiger charge is -2.36. The quantitative estimate of drug-likeness (QED) is 0.300. The van der Waals surface area contributed by atoms with Gasteiger partial charge < -0.3 is 5.11 Å². The number of nitrogens with zero attached hydrogens (tertiary/aromatic N) is 1. The van der Waals surface area contributed by atoms with Crippen LogP contribution in [-0.4, -0.2) is 29.1 Å². The molecule has 1 heterocycles. The summed E-state index contributed by atoms with van der Waals surface area (Å²) in [5.41, 5.74) is 2.87. The van der Waals surface area contributed by atoms with E-state index in [0.717, 1.165) is 55.6 Å². The second-order valence-corrected chi connectivity index (χ2v) is 10.5. The van der Waals surface area contributed by atoms with E-state index in [2.05, 4.69) is 4.90 Å². The maximum absolute atomic E-state index is 13.8. The normalized spacial score (nSPS) is 16.4. The minimum Gasteiger partial charge on any atom is -0.481 e.